The molecule has 15 nitrogen and oxygen atoms in total. The molecule has 0 bridgehead atoms. The van der Waals surface area contributed by atoms with Crippen LogP contribution in [0, 0.1) is 5.82 Å². The van der Waals surface area contributed by atoms with Gasteiger partial charge in [0.2, 0.25) is 0 Å². The number of hydrogen-bond donors (Lipinski definition) is 6. The van der Waals surface area contributed by atoms with E-state index in [-0.39, 0.29) is 23.8 Å². The molecule has 0 saturated carbocycles. The SMILES string of the molecule is C[C@H](Nc1cc(-c2c[nH]c3ncc(Cl)nc23)ncc1F)c1ccccc1.C[C@H](Nc1ccnc(-c2c[nH]c3ncc(Cl)nc23)c1)c1ccccc1.OCCCc1cccc(-c2c[nH]c3ncc(Br)nc23)n1. The second-order valence-corrected chi connectivity index (χ2v) is 17.7. The molecule has 11 aromatic rings. The lowest BCUT2D eigenvalue weighted by atomic mass is 10.1. The molecule has 0 aliphatic carbocycles. The number of aliphatic hydroxyl groups is 1. The quantitative estimate of drug-likeness (QED) is 0.0676. The fourth-order valence-corrected chi connectivity index (χ4v) is 8.27. The Kier molecular flexibility index (Phi) is 15.2. The molecule has 6 N–H and O–H groups in total. The van der Waals surface area contributed by atoms with E-state index in [9.17, 15) is 4.39 Å². The van der Waals surface area contributed by atoms with Gasteiger partial charge in [0.1, 0.15) is 31.5 Å². The van der Waals surface area contributed by atoms with E-state index >= 15 is 0 Å². The first-order valence-electron chi connectivity index (χ1n) is 22.4. The van der Waals surface area contributed by atoms with Crippen molar-refractivity contribution in [1.29, 1.82) is 0 Å². The highest BCUT2D eigenvalue weighted by Gasteiger charge is 2.16. The number of aromatic nitrogens is 12. The number of anilines is 2. The van der Waals surface area contributed by atoms with Crippen LogP contribution in [0.1, 0.15) is 49.2 Å². The van der Waals surface area contributed by atoms with Gasteiger partial charge in [0.25, 0.3) is 0 Å². The van der Waals surface area contributed by atoms with Gasteiger partial charge < -0.3 is 30.7 Å². The average molecular weight is 1050 g/mol. The summed E-state index contributed by atoms with van der Waals surface area (Å²) in [6.07, 6.45) is 14.6. The number of hydrogen-bond acceptors (Lipinski definition) is 12. The van der Waals surface area contributed by atoms with Crippen molar-refractivity contribution in [3.05, 3.63) is 184 Å². The summed E-state index contributed by atoms with van der Waals surface area (Å²) < 4.78 is 15.0. The lowest BCUT2D eigenvalue weighted by Crippen LogP contribution is -2.08. The summed E-state index contributed by atoms with van der Waals surface area (Å²) >= 11 is 15.3. The number of nitrogens with zero attached hydrogens (tertiary/aromatic N) is 9. The van der Waals surface area contributed by atoms with Crippen LogP contribution in [0.25, 0.3) is 67.3 Å². The first-order chi connectivity index (χ1) is 34.6. The highest BCUT2D eigenvalue weighted by Crippen LogP contribution is 2.32. The lowest BCUT2D eigenvalue weighted by Gasteiger charge is -2.16. The Morgan fingerprint density at radius 2 is 1.14 bits per heavy atom. The Bertz CT molecular complexity index is 3560. The van der Waals surface area contributed by atoms with Crippen LogP contribution < -0.4 is 10.6 Å². The first-order valence-corrected chi connectivity index (χ1v) is 24.0. The maximum absolute atomic E-state index is 14.3. The van der Waals surface area contributed by atoms with E-state index in [1.807, 2.05) is 98.2 Å². The van der Waals surface area contributed by atoms with E-state index in [1.165, 1.54) is 24.2 Å². The molecule has 0 spiro atoms. The van der Waals surface area contributed by atoms with Crippen molar-refractivity contribution in [2.45, 2.75) is 38.8 Å². The Morgan fingerprint density at radius 3 is 1.75 bits per heavy atom. The molecule has 2 atom stereocenters. The molecule has 356 valence electrons. The number of halogens is 4. The zero-order valence-electron chi connectivity index (χ0n) is 38.1. The number of rotatable bonds is 12. The van der Waals surface area contributed by atoms with E-state index in [0.717, 1.165) is 63.5 Å². The van der Waals surface area contributed by atoms with Crippen molar-refractivity contribution in [2.75, 3.05) is 17.2 Å². The number of aryl methyl sites for hydroxylation is 1. The monoisotopic (exact) mass is 1050 g/mol. The number of aromatic amines is 3. The number of H-pyrrole nitrogens is 3. The van der Waals surface area contributed by atoms with Crippen LogP contribution in [0.15, 0.2) is 151 Å². The first kappa shape index (κ1) is 48.3. The van der Waals surface area contributed by atoms with Gasteiger partial charge in [0, 0.05) is 71.5 Å². The van der Waals surface area contributed by atoms with Gasteiger partial charge in [-0.25, -0.2) is 34.3 Å². The van der Waals surface area contributed by atoms with Crippen molar-refractivity contribution in [3.63, 3.8) is 0 Å². The van der Waals surface area contributed by atoms with E-state index in [2.05, 4.69) is 105 Å². The minimum atomic E-state index is -0.416. The van der Waals surface area contributed by atoms with Crippen molar-refractivity contribution in [2.24, 2.45) is 0 Å². The normalized spacial score (nSPS) is 11.9. The van der Waals surface area contributed by atoms with Crippen molar-refractivity contribution in [3.8, 4) is 33.8 Å². The van der Waals surface area contributed by atoms with Gasteiger partial charge in [-0.3, -0.25) is 15.0 Å². The van der Waals surface area contributed by atoms with Crippen LogP contribution in [0.2, 0.25) is 10.3 Å². The van der Waals surface area contributed by atoms with Crippen LogP contribution in [0.5, 0.6) is 0 Å². The highest BCUT2D eigenvalue weighted by molar-refractivity contribution is 9.10. The summed E-state index contributed by atoms with van der Waals surface area (Å²) in [4.78, 5) is 48.3. The molecule has 9 heterocycles. The van der Waals surface area contributed by atoms with Gasteiger partial charge in [0.15, 0.2) is 22.8 Å². The summed E-state index contributed by atoms with van der Waals surface area (Å²) in [6.45, 7) is 4.29. The molecule has 0 aliphatic rings. The lowest BCUT2D eigenvalue weighted by molar-refractivity contribution is 0.288. The summed E-state index contributed by atoms with van der Waals surface area (Å²) in [7, 11) is 0. The van der Waals surface area contributed by atoms with Gasteiger partial charge in [-0.15, -0.1) is 0 Å². The van der Waals surface area contributed by atoms with Crippen LogP contribution in [-0.4, -0.2) is 71.5 Å². The fraction of sp³-hybridized carbons (Fsp3) is 0.135. The maximum Gasteiger partial charge on any atom is 0.164 e. The zero-order chi connectivity index (χ0) is 49.3. The van der Waals surface area contributed by atoms with Gasteiger partial charge in [-0.2, -0.15) is 0 Å². The summed E-state index contributed by atoms with van der Waals surface area (Å²) in [6, 6.07) is 31.8. The molecule has 2 aromatic carbocycles. The molecule has 0 radical (unpaired) electrons. The zero-order valence-corrected chi connectivity index (χ0v) is 41.2. The number of fused-ring (bicyclic) bond motifs is 3. The standard InChI is InChI=1S/C19H15ClFN5.C19H16ClN5.C14H13BrN4O/c1-11(12-5-3-2-4-6-12)25-16-7-15(22-9-14(16)21)13-8-23-19-18(13)26-17(20)10-24-19;1-12(13-5-3-2-4-6-13)24-14-7-8-21-16(9-14)15-10-22-19-18(15)25-17(20)11-23-19;15-12-8-17-14-13(19-12)10(7-16-14)11-5-1-3-9(18-11)4-2-6-20/h2-11H,1H3,(H,22,25)(H,23,24);2-12H,1H3,(H,21,24)(H,22,23);1,3,5,7-8,20H,2,4,6H2,(H,16,17)/t11-;12-;/m00./s1. The van der Waals surface area contributed by atoms with Crippen LogP contribution in [-0.2, 0) is 6.42 Å². The molecular weight excluding hydrogens is 1010 g/mol. The third-order valence-corrected chi connectivity index (χ3v) is 12.0. The van der Waals surface area contributed by atoms with E-state index in [0.29, 0.717) is 49.0 Å². The summed E-state index contributed by atoms with van der Waals surface area (Å²) in [5.41, 5.74) is 13.5. The topological polar surface area (TPSA) is 208 Å². The summed E-state index contributed by atoms with van der Waals surface area (Å²) in [5, 5.41) is 16.3. The summed E-state index contributed by atoms with van der Waals surface area (Å²) in [5.74, 6) is -0.416. The third-order valence-electron chi connectivity index (χ3n) is 11.2. The third kappa shape index (κ3) is 11.7. The minimum Gasteiger partial charge on any atom is -0.396 e. The Hall–Kier alpha value is -7.70. The number of aliphatic hydroxyl groups excluding tert-OH is 1. The van der Waals surface area contributed by atoms with Gasteiger partial charge in [-0.1, -0.05) is 89.9 Å². The maximum atomic E-state index is 14.3. The number of benzene rings is 2. The molecule has 19 heteroatoms. The van der Waals surface area contributed by atoms with Crippen molar-refractivity contribution < 1.29 is 9.50 Å². The van der Waals surface area contributed by atoms with Gasteiger partial charge in [-0.05, 0) is 84.1 Å². The Morgan fingerprint density at radius 1 is 0.592 bits per heavy atom. The molecule has 9 aromatic heterocycles. The molecular formula is C52H44BrCl2FN14O. The largest absolute Gasteiger partial charge is 0.396 e. The molecule has 0 unspecified atom stereocenters. The second-order valence-electron chi connectivity index (χ2n) is 16.2. The van der Waals surface area contributed by atoms with Crippen LogP contribution in [0.4, 0.5) is 15.8 Å². The van der Waals surface area contributed by atoms with Crippen LogP contribution >= 0.6 is 39.1 Å². The van der Waals surface area contributed by atoms with Crippen molar-refractivity contribution in [1.82, 2.24) is 59.8 Å². The molecule has 0 amide bonds. The van der Waals surface area contributed by atoms with Gasteiger partial charge in [0.05, 0.1) is 47.6 Å². The predicted molar refractivity (Wildman–Crippen MR) is 281 cm³/mol. The number of nitrogens with one attached hydrogen (secondary N) is 5. The molecule has 0 saturated heterocycles. The minimum absolute atomic E-state index is 0.0573. The Balaban J connectivity index is 0.000000133. The van der Waals surface area contributed by atoms with E-state index in [1.54, 1.807) is 24.7 Å². The molecule has 11 rings (SSSR count). The predicted octanol–water partition coefficient (Wildman–Crippen LogP) is 12.5. The highest BCUT2D eigenvalue weighted by atomic mass is 79.9. The fourth-order valence-electron chi connectivity index (χ4n) is 7.72. The van der Waals surface area contributed by atoms with Crippen molar-refractivity contribution >= 4 is 84.0 Å². The van der Waals surface area contributed by atoms with Gasteiger partial charge >= 0.3 is 0 Å². The van der Waals surface area contributed by atoms with E-state index < -0.39 is 5.82 Å². The Labute approximate surface area is 425 Å². The van der Waals surface area contributed by atoms with E-state index in [4.69, 9.17) is 28.3 Å². The second kappa shape index (κ2) is 22.4. The average Bonchev–Trinajstić information content (AvgIpc) is 4.14. The number of pyridine rings is 3. The molecule has 71 heavy (non-hydrogen) atoms. The molecule has 0 aliphatic heterocycles. The van der Waals surface area contributed by atoms with Crippen LogP contribution in [0.3, 0.4) is 0 Å². The molecule has 0 fully saturated rings. The smallest absolute Gasteiger partial charge is 0.164 e.